The molecule has 2 atom stereocenters. The van der Waals surface area contributed by atoms with Gasteiger partial charge in [0.2, 0.25) is 0 Å². The summed E-state index contributed by atoms with van der Waals surface area (Å²) in [4.78, 5) is 33.4. The number of fused-ring (bicyclic) bond motifs is 2. The van der Waals surface area contributed by atoms with E-state index in [1.54, 1.807) is 23.1 Å². The van der Waals surface area contributed by atoms with E-state index < -0.39 is 22.9 Å². The van der Waals surface area contributed by atoms with Crippen LogP contribution in [-0.4, -0.2) is 43.8 Å². The van der Waals surface area contributed by atoms with Crippen LogP contribution in [-0.2, 0) is 12.0 Å². The van der Waals surface area contributed by atoms with E-state index in [1.807, 2.05) is 20.8 Å². The van der Waals surface area contributed by atoms with Crippen LogP contribution in [0.5, 0.6) is 0 Å². The summed E-state index contributed by atoms with van der Waals surface area (Å²) >= 11 is 6.60. The van der Waals surface area contributed by atoms with Crippen molar-refractivity contribution in [1.29, 1.82) is 0 Å². The highest BCUT2D eigenvalue weighted by Gasteiger charge is 2.47. The number of hydrogen-bond donors (Lipinski definition) is 0. The third kappa shape index (κ3) is 3.54. The van der Waals surface area contributed by atoms with Crippen molar-refractivity contribution in [3.8, 4) is 0 Å². The normalized spacial score (nSPS) is 20.0. The van der Waals surface area contributed by atoms with Gasteiger partial charge < -0.3 is 4.90 Å². The fourth-order valence-corrected chi connectivity index (χ4v) is 4.51. The highest BCUT2D eigenvalue weighted by atomic mass is 35.5. The van der Waals surface area contributed by atoms with Crippen molar-refractivity contribution in [3.63, 3.8) is 0 Å². The number of benzene rings is 1. The first-order chi connectivity index (χ1) is 15.1. The molecule has 168 valence electrons. The van der Waals surface area contributed by atoms with Crippen LogP contribution >= 0.6 is 11.6 Å². The van der Waals surface area contributed by atoms with E-state index >= 15 is 0 Å². The zero-order valence-electron chi connectivity index (χ0n) is 18.0. The van der Waals surface area contributed by atoms with Crippen molar-refractivity contribution < 1.29 is 14.0 Å². The molecule has 32 heavy (non-hydrogen) atoms. The average Bonchev–Trinajstić information content (AvgIpc) is 3.20. The average molecular weight is 460 g/mol. The van der Waals surface area contributed by atoms with Crippen LogP contribution in [0.4, 0.5) is 9.18 Å². The maximum atomic E-state index is 14.2. The van der Waals surface area contributed by atoms with Gasteiger partial charge in [0, 0.05) is 24.1 Å². The number of hydrogen-bond acceptors (Lipinski definition) is 5. The number of carbonyl (C=O) groups excluding carboxylic acids is 1. The molecule has 10 heteroatoms. The Bertz CT molecular complexity index is 1290. The zero-order valence-corrected chi connectivity index (χ0v) is 18.8. The second kappa shape index (κ2) is 7.30. The Morgan fingerprint density at radius 3 is 2.56 bits per heavy atom. The molecule has 0 spiro atoms. The number of piperidine rings is 1. The Morgan fingerprint density at radius 2 is 1.91 bits per heavy atom. The number of likely N-dealkylation sites (tertiary alicyclic amines) is 1. The molecule has 0 bridgehead atoms. The van der Waals surface area contributed by atoms with Gasteiger partial charge in [0.05, 0.1) is 17.6 Å². The van der Waals surface area contributed by atoms with E-state index in [4.69, 9.17) is 16.4 Å². The van der Waals surface area contributed by atoms with Crippen molar-refractivity contribution in [2.24, 2.45) is 11.8 Å². The molecule has 3 heterocycles. The molecule has 2 aliphatic rings. The molecular weight excluding hydrogens is 437 g/mol. The maximum absolute atomic E-state index is 14.2. The van der Waals surface area contributed by atoms with Gasteiger partial charge in [-0.1, -0.05) is 50.6 Å². The molecule has 2 aromatic heterocycles. The summed E-state index contributed by atoms with van der Waals surface area (Å²) in [5.74, 6) is 0.674. The molecule has 1 saturated heterocycles. The van der Waals surface area contributed by atoms with Crippen molar-refractivity contribution >= 4 is 28.6 Å². The molecule has 0 radical (unpaired) electrons. The second-order valence-electron chi connectivity index (χ2n) is 9.56. The largest absolute Gasteiger partial charge is 0.436 e. The summed E-state index contributed by atoms with van der Waals surface area (Å²) < 4.78 is 15.5. The zero-order chi connectivity index (χ0) is 22.8. The number of aromatic nitrogens is 4. The molecule has 1 saturated carbocycles. The van der Waals surface area contributed by atoms with Crippen LogP contribution in [0.3, 0.4) is 0 Å². The second-order valence-corrected chi connectivity index (χ2v) is 9.92. The van der Waals surface area contributed by atoms with E-state index in [2.05, 4.69) is 10.2 Å². The molecule has 8 nitrogen and oxygen atoms in total. The third-order valence-corrected chi connectivity index (χ3v) is 6.47. The van der Waals surface area contributed by atoms with Gasteiger partial charge in [0.25, 0.3) is 0 Å². The van der Waals surface area contributed by atoms with Gasteiger partial charge in [-0.15, -0.1) is 5.10 Å². The lowest BCUT2D eigenvalue weighted by Crippen LogP contribution is -2.42. The topological polar surface area (TPSA) is 82.2 Å². The number of carbonyl (C=O) groups is 1. The minimum absolute atomic E-state index is 0.0170. The molecule has 1 aromatic carbocycles. The van der Waals surface area contributed by atoms with Crippen LogP contribution < -0.4 is 10.4 Å². The third-order valence-electron chi connectivity index (χ3n) is 6.08. The Hall–Kier alpha value is -2.94. The molecule has 2 fully saturated rings. The molecular formula is C22H23ClFN5O3. The van der Waals surface area contributed by atoms with Gasteiger partial charge >= 0.3 is 11.7 Å². The molecule has 1 aliphatic heterocycles. The quantitative estimate of drug-likeness (QED) is 0.600. The van der Waals surface area contributed by atoms with Gasteiger partial charge in [0.15, 0.2) is 5.52 Å². The van der Waals surface area contributed by atoms with Gasteiger partial charge in [-0.05, 0) is 29.2 Å². The van der Waals surface area contributed by atoms with Crippen molar-refractivity contribution in [2.45, 2.75) is 39.2 Å². The van der Waals surface area contributed by atoms with E-state index in [9.17, 15) is 14.0 Å². The number of amides is 1. The van der Waals surface area contributed by atoms with Crippen LogP contribution in [0.1, 0.15) is 38.4 Å². The van der Waals surface area contributed by atoms with E-state index in [0.29, 0.717) is 46.4 Å². The van der Waals surface area contributed by atoms with Gasteiger partial charge in [-0.3, -0.25) is 9.63 Å². The Labute approximate surface area is 188 Å². The summed E-state index contributed by atoms with van der Waals surface area (Å²) in [6.07, 6.45) is 0.531. The summed E-state index contributed by atoms with van der Waals surface area (Å²) in [5.41, 5.74) is -0.380. The molecule has 1 aliphatic carbocycles. The molecule has 0 N–H and O–H groups in total. The van der Waals surface area contributed by atoms with Gasteiger partial charge in [0.1, 0.15) is 11.0 Å². The first-order valence-corrected chi connectivity index (χ1v) is 10.9. The highest BCUT2D eigenvalue weighted by Crippen LogP contribution is 2.44. The molecule has 2 unspecified atom stereocenters. The van der Waals surface area contributed by atoms with Crippen molar-refractivity contribution in [3.05, 3.63) is 56.8 Å². The van der Waals surface area contributed by atoms with E-state index in [0.717, 1.165) is 6.42 Å². The molecule has 1 amide bonds. The van der Waals surface area contributed by atoms with E-state index in [1.165, 1.54) is 10.7 Å². The smallest absolute Gasteiger partial charge is 0.306 e. The first kappa shape index (κ1) is 20.9. The van der Waals surface area contributed by atoms with E-state index in [-0.39, 0.29) is 17.2 Å². The number of rotatable bonds is 3. The highest BCUT2D eigenvalue weighted by molar-refractivity contribution is 6.34. The minimum Gasteiger partial charge on any atom is -0.306 e. The van der Waals surface area contributed by atoms with Crippen molar-refractivity contribution in [1.82, 2.24) is 24.6 Å². The Morgan fingerprint density at radius 1 is 1.22 bits per heavy atom. The van der Waals surface area contributed by atoms with Crippen LogP contribution in [0.15, 0.2) is 29.1 Å². The molecule has 3 aromatic rings. The summed E-state index contributed by atoms with van der Waals surface area (Å²) in [6, 6.07) is 6.29. The number of nitrogens with zero attached hydrogens (tertiary/aromatic N) is 5. The Balaban J connectivity index is 1.57. The van der Waals surface area contributed by atoms with Crippen LogP contribution in [0, 0.1) is 17.7 Å². The van der Waals surface area contributed by atoms with Crippen LogP contribution in [0.2, 0.25) is 5.15 Å². The van der Waals surface area contributed by atoms with Gasteiger partial charge in [-0.2, -0.15) is 5.10 Å². The lowest BCUT2D eigenvalue weighted by Gasteiger charge is -2.21. The first-order valence-electron chi connectivity index (χ1n) is 10.5. The SMILES string of the molecule is CC(C)(C)c1nn(OC(=O)N2CC3CC3C2)c(=O)c2nn(Cc3ccccc3F)c(Cl)c12. The maximum Gasteiger partial charge on any atom is 0.436 e. The Kier molecular flexibility index (Phi) is 4.77. The fourth-order valence-electron chi connectivity index (χ4n) is 4.24. The van der Waals surface area contributed by atoms with Crippen LogP contribution in [0.25, 0.3) is 10.9 Å². The van der Waals surface area contributed by atoms with Crippen molar-refractivity contribution in [2.75, 3.05) is 13.1 Å². The minimum atomic E-state index is -0.695. The lowest BCUT2D eigenvalue weighted by atomic mass is 9.90. The monoisotopic (exact) mass is 459 g/mol. The summed E-state index contributed by atoms with van der Waals surface area (Å²) in [6.45, 7) is 7.03. The standard InChI is InChI=1S/C22H23ClFN5O3/c1-22(2,3)18-16-17(25-28(19(16)23)11-12-6-4-5-7-15(12)24)20(30)29(26-18)32-21(31)27-9-13-8-14(13)10-27/h4-7,13-14H,8-11H2,1-3H3. The summed E-state index contributed by atoms with van der Waals surface area (Å²) in [5, 5.41) is 9.23. The van der Waals surface area contributed by atoms with Gasteiger partial charge in [-0.25, -0.2) is 13.9 Å². The predicted octanol–water partition coefficient (Wildman–Crippen LogP) is 3.23. The lowest BCUT2D eigenvalue weighted by molar-refractivity contribution is 0.0753. The molecule has 5 rings (SSSR count). The number of halogens is 2. The fraction of sp³-hybridized carbons (Fsp3) is 0.455. The summed E-state index contributed by atoms with van der Waals surface area (Å²) in [7, 11) is 0. The predicted molar refractivity (Wildman–Crippen MR) is 116 cm³/mol.